The Morgan fingerprint density at radius 2 is 0.650 bits per heavy atom. The predicted octanol–water partition coefficient (Wildman–Crippen LogP) is 15.8. The van der Waals surface area contributed by atoms with Gasteiger partial charge in [0, 0.05) is 19.3 Å². The summed E-state index contributed by atoms with van der Waals surface area (Å²) >= 11 is 0. The van der Waals surface area contributed by atoms with Crippen LogP contribution in [0.4, 0.5) is 0 Å². The van der Waals surface area contributed by atoms with Crippen molar-refractivity contribution in [1.29, 1.82) is 0 Å². The van der Waals surface area contributed by atoms with Gasteiger partial charge in [-0.1, -0.05) is 201 Å². The van der Waals surface area contributed by atoms with E-state index in [1.807, 2.05) is 0 Å². The molecular formula is C54H88O6. The zero-order chi connectivity index (χ0) is 43.7. The highest BCUT2D eigenvalue weighted by Crippen LogP contribution is 2.12. The Morgan fingerprint density at radius 1 is 0.350 bits per heavy atom. The Balaban J connectivity index is 4.01. The molecule has 0 amide bonds. The van der Waals surface area contributed by atoms with E-state index in [-0.39, 0.29) is 31.1 Å². The third kappa shape index (κ3) is 45.4. The van der Waals surface area contributed by atoms with Gasteiger partial charge in [0.25, 0.3) is 0 Å². The Bertz CT molecular complexity index is 1230. The molecule has 6 heteroatoms. The SMILES string of the molecule is CC/C=C\C/C=C\C/C=C\C/C=C\C/C=C\C/C=C\C/C=C\C/C=C\CCCCCCCCC(=O)OCC(COC(=O)CCCCCCC)OC(=O)CCCCCCCC. The first-order valence-corrected chi connectivity index (χ1v) is 24.2. The van der Waals surface area contributed by atoms with E-state index in [1.54, 1.807) is 0 Å². The summed E-state index contributed by atoms with van der Waals surface area (Å²) in [5, 5.41) is 0. The van der Waals surface area contributed by atoms with Crippen molar-refractivity contribution in [2.75, 3.05) is 13.2 Å². The number of carbonyl (C=O) groups excluding carboxylic acids is 3. The van der Waals surface area contributed by atoms with Gasteiger partial charge in [-0.15, -0.1) is 0 Å². The molecule has 0 aliphatic carbocycles. The van der Waals surface area contributed by atoms with Crippen LogP contribution in [0.25, 0.3) is 0 Å². The van der Waals surface area contributed by atoms with Gasteiger partial charge in [0.05, 0.1) is 0 Å². The van der Waals surface area contributed by atoms with Crippen LogP contribution in [0.3, 0.4) is 0 Å². The zero-order valence-electron chi connectivity index (χ0n) is 38.7. The van der Waals surface area contributed by atoms with Crippen LogP contribution < -0.4 is 0 Å². The third-order valence-electron chi connectivity index (χ3n) is 9.85. The molecule has 0 N–H and O–H groups in total. The largest absolute Gasteiger partial charge is 0.462 e. The Hall–Kier alpha value is -3.67. The van der Waals surface area contributed by atoms with Crippen molar-refractivity contribution in [2.24, 2.45) is 0 Å². The third-order valence-corrected chi connectivity index (χ3v) is 9.85. The summed E-state index contributed by atoms with van der Waals surface area (Å²) in [5.74, 6) is -0.931. The van der Waals surface area contributed by atoms with Crippen LogP contribution >= 0.6 is 0 Å². The van der Waals surface area contributed by atoms with E-state index < -0.39 is 6.10 Å². The van der Waals surface area contributed by atoms with Crippen molar-refractivity contribution < 1.29 is 28.6 Å². The number of unbranched alkanes of at least 4 members (excludes halogenated alkanes) is 15. The van der Waals surface area contributed by atoms with E-state index in [0.717, 1.165) is 128 Å². The minimum Gasteiger partial charge on any atom is -0.462 e. The van der Waals surface area contributed by atoms with E-state index in [4.69, 9.17) is 14.2 Å². The molecule has 0 aromatic heterocycles. The maximum Gasteiger partial charge on any atom is 0.306 e. The monoisotopic (exact) mass is 833 g/mol. The predicted molar refractivity (Wildman–Crippen MR) is 256 cm³/mol. The molecule has 0 saturated carbocycles. The molecule has 0 aromatic carbocycles. The summed E-state index contributed by atoms with van der Waals surface area (Å²) in [7, 11) is 0. The highest BCUT2D eigenvalue weighted by Gasteiger charge is 2.19. The molecule has 0 bridgehead atoms. The van der Waals surface area contributed by atoms with Gasteiger partial charge in [0.2, 0.25) is 0 Å². The summed E-state index contributed by atoms with van der Waals surface area (Å²) in [6, 6.07) is 0. The lowest BCUT2D eigenvalue weighted by molar-refractivity contribution is -0.167. The number of ether oxygens (including phenoxy) is 3. The highest BCUT2D eigenvalue weighted by atomic mass is 16.6. The minimum atomic E-state index is -0.774. The van der Waals surface area contributed by atoms with Gasteiger partial charge in [0.1, 0.15) is 13.2 Å². The van der Waals surface area contributed by atoms with Crippen LogP contribution in [0.1, 0.15) is 207 Å². The van der Waals surface area contributed by atoms with Crippen molar-refractivity contribution in [2.45, 2.75) is 213 Å². The minimum absolute atomic E-state index is 0.0831. The van der Waals surface area contributed by atoms with Crippen LogP contribution in [0.15, 0.2) is 97.2 Å². The van der Waals surface area contributed by atoms with Crippen LogP contribution in [0, 0.1) is 0 Å². The molecule has 60 heavy (non-hydrogen) atoms. The van der Waals surface area contributed by atoms with E-state index in [2.05, 4.69) is 118 Å². The van der Waals surface area contributed by atoms with E-state index >= 15 is 0 Å². The number of hydrogen-bond acceptors (Lipinski definition) is 6. The number of allylic oxidation sites excluding steroid dienone is 16. The molecule has 1 atom stereocenters. The lowest BCUT2D eigenvalue weighted by Gasteiger charge is -2.18. The lowest BCUT2D eigenvalue weighted by atomic mass is 10.1. The smallest absolute Gasteiger partial charge is 0.306 e. The first-order chi connectivity index (χ1) is 29.5. The average molecular weight is 833 g/mol. The second-order valence-corrected chi connectivity index (χ2v) is 15.6. The molecule has 1 unspecified atom stereocenters. The van der Waals surface area contributed by atoms with Gasteiger partial charge in [-0.2, -0.15) is 0 Å². The van der Waals surface area contributed by atoms with Crippen LogP contribution in [0.5, 0.6) is 0 Å². The summed E-state index contributed by atoms with van der Waals surface area (Å²) in [4.78, 5) is 37.2. The second-order valence-electron chi connectivity index (χ2n) is 15.6. The van der Waals surface area contributed by atoms with Crippen LogP contribution in [-0.4, -0.2) is 37.2 Å². The molecule has 0 spiro atoms. The second kappa shape index (κ2) is 48.0. The zero-order valence-corrected chi connectivity index (χ0v) is 38.7. The van der Waals surface area contributed by atoms with Gasteiger partial charge < -0.3 is 14.2 Å². The van der Waals surface area contributed by atoms with Gasteiger partial charge in [0.15, 0.2) is 6.10 Å². The maximum atomic E-state index is 12.5. The van der Waals surface area contributed by atoms with Gasteiger partial charge in [-0.05, 0) is 83.5 Å². The molecule has 340 valence electrons. The summed E-state index contributed by atoms with van der Waals surface area (Å²) < 4.78 is 16.5. The van der Waals surface area contributed by atoms with E-state index in [0.29, 0.717) is 19.3 Å². The normalized spacial score (nSPS) is 12.9. The van der Waals surface area contributed by atoms with Crippen LogP contribution in [0.2, 0.25) is 0 Å². The number of carbonyl (C=O) groups is 3. The Kier molecular flexibility index (Phi) is 45.1. The molecule has 0 aromatic rings. The fourth-order valence-electron chi connectivity index (χ4n) is 6.22. The first-order valence-electron chi connectivity index (χ1n) is 24.2. The molecule has 0 radical (unpaired) electrons. The molecule has 0 aliphatic rings. The standard InChI is InChI=1S/C54H88O6/c1-4-7-10-13-15-16-17-18-19-20-21-22-23-24-25-26-27-28-29-30-31-32-33-34-35-36-37-38-39-42-44-47-53(56)59-50-51(49-58-52(55)46-43-40-12-9-6-3)60-54(57)48-45-41-14-11-8-5-2/h7,10,15-16,18-19,21-22,24-25,27-28,30-31,33-34,51H,4-6,8-9,11-14,17,20,23,26,29,32,35-50H2,1-3H3/b10-7-,16-15-,19-18-,22-21-,25-24-,28-27-,31-30-,34-33-. The molecule has 0 fully saturated rings. The number of esters is 3. The fraction of sp³-hybridized carbons (Fsp3) is 0.648. The Morgan fingerprint density at radius 3 is 1.02 bits per heavy atom. The number of rotatable bonds is 42. The van der Waals surface area contributed by atoms with E-state index in [1.165, 1.54) is 38.5 Å². The summed E-state index contributed by atoms with van der Waals surface area (Å²) in [5.41, 5.74) is 0. The van der Waals surface area contributed by atoms with E-state index in [9.17, 15) is 14.4 Å². The quantitative estimate of drug-likeness (QED) is 0.0264. The van der Waals surface area contributed by atoms with Gasteiger partial charge in [-0.3, -0.25) is 14.4 Å². The fourth-order valence-corrected chi connectivity index (χ4v) is 6.22. The van der Waals surface area contributed by atoms with Crippen molar-refractivity contribution in [1.82, 2.24) is 0 Å². The van der Waals surface area contributed by atoms with Crippen molar-refractivity contribution in [3.8, 4) is 0 Å². The topological polar surface area (TPSA) is 78.9 Å². The lowest BCUT2D eigenvalue weighted by Crippen LogP contribution is -2.30. The summed E-state index contributed by atoms with van der Waals surface area (Å²) in [6.07, 6.45) is 63.2. The molecule has 0 saturated heterocycles. The number of hydrogen-bond donors (Lipinski definition) is 0. The van der Waals surface area contributed by atoms with Crippen molar-refractivity contribution in [3.05, 3.63) is 97.2 Å². The van der Waals surface area contributed by atoms with Gasteiger partial charge >= 0.3 is 17.9 Å². The first kappa shape index (κ1) is 56.3. The van der Waals surface area contributed by atoms with Crippen LogP contribution in [-0.2, 0) is 28.6 Å². The van der Waals surface area contributed by atoms with Crippen molar-refractivity contribution >= 4 is 17.9 Å². The molecular weight excluding hydrogens is 745 g/mol. The highest BCUT2D eigenvalue weighted by molar-refractivity contribution is 5.71. The maximum absolute atomic E-state index is 12.5. The summed E-state index contributed by atoms with van der Waals surface area (Å²) in [6.45, 7) is 6.33. The molecule has 0 rings (SSSR count). The van der Waals surface area contributed by atoms with Crippen molar-refractivity contribution in [3.63, 3.8) is 0 Å². The van der Waals surface area contributed by atoms with Gasteiger partial charge in [-0.25, -0.2) is 0 Å². The Labute approximate surface area is 368 Å². The molecule has 6 nitrogen and oxygen atoms in total. The average Bonchev–Trinajstić information content (AvgIpc) is 3.24. The molecule has 0 aliphatic heterocycles. The molecule has 0 heterocycles.